The maximum atomic E-state index is 11.6. The molecule has 0 spiro atoms. The van der Waals surface area contributed by atoms with Crippen molar-refractivity contribution >= 4 is 0 Å². The standard InChI is InChI=1S/C12H13N3O/c1-7-6-10(4-5-13-7)11-8(2)12(16)15-9(3)14-11/h4-6H,1-3H3,(H,14,15,16). The number of nitrogens with zero attached hydrogens (tertiary/aromatic N) is 2. The van der Waals surface area contributed by atoms with Gasteiger partial charge in [-0.3, -0.25) is 9.78 Å². The van der Waals surface area contributed by atoms with Crippen molar-refractivity contribution in [3.05, 3.63) is 45.8 Å². The monoisotopic (exact) mass is 215 g/mol. The molecule has 16 heavy (non-hydrogen) atoms. The van der Waals surface area contributed by atoms with E-state index in [1.54, 1.807) is 20.0 Å². The van der Waals surface area contributed by atoms with Crippen LogP contribution < -0.4 is 5.56 Å². The van der Waals surface area contributed by atoms with Crippen molar-refractivity contribution in [3.8, 4) is 11.3 Å². The van der Waals surface area contributed by atoms with Crippen LogP contribution in [0.25, 0.3) is 11.3 Å². The molecule has 0 atom stereocenters. The minimum Gasteiger partial charge on any atom is -0.311 e. The van der Waals surface area contributed by atoms with E-state index in [0.29, 0.717) is 11.4 Å². The van der Waals surface area contributed by atoms with Gasteiger partial charge in [-0.05, 0) is 32.9 Å². The number of nitrogens with one attached hydrogen (secondary N) is 1. The summed E-state index contributed by atoms with van der Waals surface area (Å²) in [5, 5.41) is 0. The molecular weight excluding hydrogens is 202 g/mol. The molecule has 2 rings (SSSR count). The average molecular weight is 215 g/mol. The molecule has 0 amide bonds. The third-order valence-corrected chi connectivity index (χ3v) is 2.44. The molecule has 0 aromatic carbocycles. The second kappa shape index (κ2) is 3.89. The van der Waals surface area contributed by atoms with Gasteiger partial charge in [0.05, 0.1) is 5.69 Å². The number of aromatic nitrogens is 3. The molecule has 0 saturated carbocycles. The summed E-state index contributed by atoms with van der Waals surface area (Å²) < 4.78 is 0. The first-order chi connectivity index (χ1) is 7.58. The Hall–Kier alpha value is -1.97. The lowest BCUT2D eigenvalue weighted by atomic mass is 10.1. The molecule has 0 unspecified atom stereocenters. The molecule has 0 radical (unpaired) electrons. The molecule has 0 aliphatic heterocycles. The molecule has 82 valence electrons. The predicted octanol–water partition coefficient (Wildman–Crippen LogP) is 1.76. The summed E-state index contributed by atoms with van der Waals surface area (Å²) in [5.41, 5.74) is 3.12. The smallest absolute Gasteiger partial charge is 0.254 e. The van der Waals surface area contributed by atoms with Crippen LogP contribution in [-0.4, -0.2) is 15.0 Å². The summed E-state index contributed by atoms with van der Waals surface area (Å²) in [6, 6.07) is 3.79. The van der Waals surface area contributed by atoms with Gasteiger partial charge in [0.2, 0.25) is 0 Å². The average Bonchev–Trinajstić information content (AvgIpc) is 2.23. The lowest BCUT2D eigenvalue weighted by molar-refractivity contribution is 0.998. The van der Waals surface area contributed by atoms with Crippen LogP contribution in [0.1, 0.15) is 17.1 Å². The van der Waals surface area contributed by atoms with Gasteiger partial charge in [-0.1, -0.05) is 0 Å². The molecule has 4 heteroatoms. The zero-order valence-corrected chi connectivity index (χ0v) is 9.53. The fraction of sp³-hybridized carbons (Fsp3) is 0.250. The quantitative estimate of drug-likeness (QED) is 0.788. The summed E-state index contributed by atoms with van der Waals surface area (Å²) in [4.78, 5) is 22.8. The van der Waals surface area contributed by atoms with E-state index in [1.807, 2.05) is 19.1 Å². The first-order valence-electron chi connectivity index (χ1n) is 5.08. The highest BCUT2D eigenvalue weighted by Gasteiger charge is 2.08. The Morgan fingerprint density at radius 3 is 2.69 bits per heavy atom. The highest BCUT2D eigenvalue weighted by Crippen LogP contribution is 2.18. The molecule has 1 N–H and O–H groups in total. The minimum atomic E-state index is -0.0861. The van der Waals surface area contributed by atoms with Gasteiger partial charge in [0, 0.05) is 23.0 Å². The molecular formula is C12H13N3O. The van der Waals surface area contributed by atoms with E-state index in [1.165, 1.54) is 0 Å². The lowest BCUT2D eigenvalue weighted by Gasteiger charge is -2.05. The van der Waals surface area contributed by atoms with E-state index in [0.717, 1.165) is 17.0 Å². The van der Waals surface area contributed by atoms with E-state index < -0.39 is 0 Å². The van der Waals surface area contributed by atoms with Crippen molar-refractivity contribution in [2.75, 3.05) is 0 Å². The van der Waals surface area contributed by atoms with E-state index in [-0.39, 0.29) is 5.56 Å². The van der Waals surface area contributed by atoms with Gasteiger partial charge in [0.25, 0.3) is 5.56 Å². The second-order valence-corrected chi connectivity index (χ2v) is 3.81. The van der Waals surface area contributed by atoms with Gasteiger partial charge in [-0.25, -0.2) is 4.98 Å². The Labute approximate surface area is 93.4 Å². The summed E-state index contributed by atoms with van der Waals surface area (Å²) >= 11 is 0. The Morgan fingerprint density at radius 1 is 1.25 bits per heavy atom. The Balaban J connectivity index is 2.69. The Morgan fingerprint density at radius 2 is 2.00 bits per heavy atom. The summed E-state index contributed by atoms with van der Waals surface area (Å²) in [5.74, 6) is 0.625. The van der Waals surface area contributed by atoms with Crippen molar-refractivity contribution in [1.29, 1.82) is 0 Å². The number of aromatic amines is 1. The second-order valence-electron chi connectivity index (χ2n) is 3.81. The van der Waals surface area contributed by atoms with Gasteiger partial charge in [0.15, 0.2) is 0 Å². The molecule has 0 aliphatic carbocycles. The topological polar surface area (TPSA) is 58.6 Å². The van der Waals surface area contributed by atoms with Crippen LogP contribution in [0.5, 0.6) is 0 Å². The van der Waals surface area contributed by atoms with Crippen molar-refractivity contribution < 1.29 is 0 Å². The fourth-order valence-corrected chi connectivity index (χ4v) is 1.62. The molecule has 2 aromatic heterocycles. The van der Waals surface area contributed by atoms with Crippen LogP contribution in [0.3, 0.4) is 0 Å². The van der Waals surface area contributed by atoms with Crippen molar-refractivity contribution in [2.24, 2.45) is 0 Å². The minimum absolute atomic E-state index is 0.0861. The van der Waals surface area contributed by atoms with E-state index >= 15 is 0 Å². The van der Waals surface area contributed by atoms with Crippen LogP contribution in [0.15, 0.2) is 23.1 Å². The number of aryl methyl sites for hydroxylation is 2. The number of pyridine rings is 1. The van der Waals surface area contributed by atoms with Gasteiger partial charge in [-0.2, -0.15) is 0 Å². The third-order valence-electron chi connectivity index (χ3n) is 2.44. The van der Waals surface area contributed by atoms with Crippen LogP contribution in [0.4, 0.5) is 0 Å². The van der Waals surface area contributed by atoms with Crippen LogP contribution in [0, 0.1) is 20.8 Å². The molecule has 0 aliphatic rings. The molecule has 4 nitrogen and oxygen atoms in total. The normalized spacial score (nSPS) is 10.4. The predicted molar refractivity (Wildman–Crippen MR) is 62.3 cm³/mol. The van der Waals surface area contributed by atoms with Gasteiger partial charge in [-0.15, -0.1) is 0 Å². The van der Waals surface area contributed by atoms with Crippen molar-refractivity contribution in [1.82, 2.24) is 15.0 Å². The largest absolute Gasteiger partial charge is 0.311 e. The van der Waals surface area contributed by atoms with Crippen LogP contribution >= 0.6 is 0 Å². The van der Waals surface area contributed by atoms with Gasteiger partial charge >= 0.3 is 0 Å². The van der Waals surface area contributed by atoms with Crippen molar-refractivity contribution in [3.63, 3.8) is 0 Å². The van der Waals surface area contributed by atoms with Gasteiger partial charge in [0.1, 0.15) is 5.82 Å². The number of hydrogen-bond acceptors (Lipinski definition) is 3. The number of rotatable bonds is 1. The lowest BCUT2D eigenvalue weighted by Crippen LogP contribution is -2.14. The third kappa shape index (κ3) is 1.86. The SMILES string of the molecule is Cc1cc(-c2nc(C)[nH]c(=O)c2C)ccn1. The summed E-state index contributed by atoms with van der Waals surface area (Å²) in [6.45, 7) is 5.47. The molecule has 0 bridgehead atoms. The first-order valence-corrected chi connectivity index (χ1v) is 5.08. The maximum absolute atomic E-state index is 11.6. The zero-order chi connectivity index (χ0) is 11.7. The van der Waals surface area contributed by atoms with Gasteiger partial charge < -0.3 is 4.98 Å². The first kappa shape index (κ1) is 10.5. The number of H-pyrrole nitrogens is 1. The van der Waals surface area contributed by atoms with Crippen LogP contribution in [-0.2, 0) is 0 Å². The molecule has 2 heterocycles. The fourth-order valence-electron chi connectivity index (χ4n) is 1.62. The van der Waals surface area contributed by atoms with Crippen molar-refractivity contribution in [2.45, 2.75) is 20.8 Å². The number of hydrogen-bond donors (Lipinski definition) is 1. The Bertz CT molecular complexity index is 587. The zero-order valence-electron chi connectivity index (χ0n) is 9.53. The highest BCUT2D eigenvalue weighted by molar-refractivity contribution is 5.62. The van der Waals surface area contributed by atoms with E-state index in [9.17, 15) is 4.79 Å². The summed E-state index contributed by atoms with van der Waals surface area (Å²) in [6.07, 6.45) is 1.72. The Kier molecular flexibility index (Phi) is 2.56. The highest BCUT2D eigenvalue weighted by atomic mass is 16.1. The molecule has 2 aromatic rings. The molecule has 0 fully saturated rings. The van der Waals surface area contributed by atoms with Crippen LogP contribution in [0.2, 0.25) is 0 Å². The van der Waals surface area contributed by atoms with E-state index in [2.05, 4.69) is 15.0 Å². The molecule has 0 saturated heterocycles. The maximum Gasteiger partial charge on any atom is 0.254 e. The summed E-state index contributed by atoms with van der Waals surface area (Å²) in [7, 11) is 0. The van der Waals surface area contributed by atoms with E-state index in [4.69, 9.17) is 0 Å².